The third kappa shape index (κ3) is 3.83. The highest BCUT2D eigenvalue weighted by Gasteiger charge is 2.08. The molecule has 0 radical (unpaired) electrons. The Labute approximate surface area is 93.5 Å². The van der Waals surface area contributed by atoms with Gasteiger partial charge in [0.2, 0.25) is 11.0 Å². The molecule has 0 atom stereocenters. The van der Waals surface area contributed by atoms with E-state index >= 15 is 0 Å². The first-order chi connectivity index (χ1) is 7.27. The first kappa shape index (κ1) is 11.9. The summed E-state index contributed by atoms with van der Waals surface area (Å²) in [5.74, 6) is 0.178. The summed E-state index contributed by atoms with van der Waals surface area (Å²) in [5.41, 5.74) is 1.66. The Balaban J connectivity index is 2.22. The smallest absolute Gasteiger partial charge is 0.224 e. The molecular weight excluding hydrogens is 212 g/mol. The molecule has 84 valence electrons. The SMILES string of the molecule is CCN(CC)C(=O)CCNc1nncs1. The van der Waals surface area contributed by atoms with Gasteiger partial charge in [-0.3, -0.25) is 4.79 Å². The molecule has 0 saturated heterocycles. The maximum Gasteiger partial charge on any atom is 0.224 e. The molecule has 0 bridgehead atoms. The Morgan fingerprint density at radius 3 is 2.80 bits per heavy atom. The fraction of sp³-hybridized carbons (Fsp3) is 0.667. The highest BCUT2D eigenvalue weighted by Crippen LogP contribution is 2.07. The van der Waals surface area contributed by atoms with E-state index in [2.05, 4.69) is 15.5 Å². The maximum atomic E-state index is 11.6. The molecule has 0 unspecified atom stereocenters. The molecular formula is C9H16N4OS. The number of carbonyl (C=O) groups is 1. The fourth-order valence-electron chi connectivity index (χ4n) is 1.26. The third-order valence-electron chi connectivity index (χ3n) is 2.09. The molecule has 1 N–H and O–H groups in total. The van der Waals surface area contributed by atoms with E-state index in [9.17, 15) is 4.79 Å². The zero-order valence-electron chi connectivity index (χ0n) is 9.06. The number of aromatic nitrogens is 2. The van der Waals surface area contributed by atoms with Gasteiger partial charge >= 0.3 is 0 Å². The van der Waals surface area contributed by atoms with Crippen LogP contribution < -0.4 is 5.32 Å². The molecule has 1 heterocycles. The van der Waals surface area contributed by atoms with Gasteiger partial charge in [-0.2, -0.15) is 0 Å². The highest BCUT2D eigenvalue weighted by molar-refractivity contribution is 7.13. The minimum absolute atomic E-state index is 0.178. The Kier molecular flexibility index (Phi) is 5.03. The van der Waals surface area contributed by atoms with Gasteiger partial charge < -0.3 is 10.2 Å². The van der Waals surface area contributed by atoms with E-state index < -0.39 is 0 Å². The molecule has 1 rings (SSSR count). The molecule has 5 nitrogen and oxygen atoms in total. The second-order valence-electron chi connectivity index (χ2n) is 2.99. The summed E-state index contributed by atoms with van der Waals surface area (Å²) in [5, 5.41) is 11.4. The van der Waals surface area contributed by atoms with Crippen molar-refractivity contribution in [2.45, 2.75) is 20.3 Å². The van der Waals surface area contributed by atoms with Crippen LogP contribution in [0.15, 0.2) is 5.51 Å². The van der Waals surface area contributed by atoms with Gasteiger partial charge in [-0.25, -0.2) is 0 Å². The Morgan fingerprint density at radius 1 is 1.53 bits per heavy atom. The van der Waals surface area contributed by atoms with Gasteiger partial charge in [-0.1, -0.05) is 11.3 Å². The molecule has 15 heavy (non-hydrogen) atoms. The molecule has 1 aromatic rings. The van der Waals surface area contributed by atoms with E-state index in [0.29, 0.717) is 13.0 Å². The van der Waals surface area contributed by atoms with E-state index in [1.165, 1.54) is 11.3 Å². The van der Waals surface area contributed by atoms with Crippen molar-refractivity contribution in [3.8, 4) is 0 Å². The van der Waals surface area contributed by atoms with Crippen LogP contribution in [0, 0.1) is 0 Å². The normalized spacial score (nSPS) is 10.0. The van der Waals surface area contributed by atoms with Gasteiger partial charge in [0.25, 0.3) is 0 Å². The summed E-state index contributed by atoms with van der Waals surface area (Å²) in [4.78, 5) is 13.4. The predicted molar refractivity (Wildman–Crippen MR) is 60.9 cm³/mol. The van der Waals surface area contributed by atoms with Crippen molar-refractivity contribution in [2.24, 2.45) is 0 Å². The summed E-state index contributed by atoms with van der Waals surface area (Å²) in [7, 11) is 0. The topological polar surface area (TPSA) is 58.1 Å². The monoisotopic (exact) mass is 228 g/mol. The summed E-state index contributed by atoms with van der Waals surface area (Å²) in [6, 6.07) is 0. The zero-order valence-corrected chi connectivity index (χ0v) is 9.88. The Bertz CT molecular complexity index is 284. The molecule has 0 saturated carbocycles. The maximum absolute atomic E-state index is 11.6. The van der Waals surface area contributed by atoms with Crippen molar-refractivity contribution < 1.29 is 4.79 Å². The van der Waals surface area contributed by atoms with Crippen LogP contribution in [0.3, 0.4) is 0 Å². The largest absolute Gasteiger partial charge is 0.360 e. The quantitative estimate of drug-likeness (QED) is 0.795. The van der Waals surface area contributed by atoms with Crippen LogP contribution in [0.5, 0.6) is 0 Å². The average molecular weight is 228 g/mol. The number of rotatable bonds is 6. The predicted octanol–water partition coefficient (Wildman–Crippen LogP) is 1.21. The second kappa shape index (κ2) is 6.34. The van der Waals surface area contributed by atoms with E-state index in [0.717, 1.165) is 18.2 Å². The van der Waals surface area contributed by atoms with Crippen molar-refractivity contribution in [1.82, 2.24) is 15.1 Å². The van der Waals surface area contributed by atoms with Crippen molar-refractivity contribution in [2.75, 3.05) is 25.0 Å². The van der Waals surface area contributed by atoms with Crippen molar-refractivity contribution in [3.05, 3.63) is 5.51 Å². The minimum atomic E-state index is 0.178. The molecule has 0 fully saturated rings. The van der Waals surface area contributed by atoms with Gasteiger partial charge in [0.15, 0.2) is 0 Å². The Hall–Kier alpha value is -1.17. The average Bonchev–Trinajstić information content (AvgIpc) is 2.72. The number of amides is 1. The van der Waals surface area contributed by atoms with E-state index in [4.69, 9.17) is 0 Å². The van der Waals surface area contributed by atoms with Crippen LogP contribution in [0.2, 0.25) is 0 Å². The number of anilines is 1. The van der Waals surface area contributed by atoms with E-state index in [-0.39, 0.29) is 5.91 Å². The lowest BCUT2D eigenvalue weighted by atomic mass is 10.3. The van der Waals surface area contributed by atoms with Crippen LogP contribution in [0.4, 0.5) is 5.13 Å². The van der Waals surface area contributed by atoms with E-state index in [1.54, 1.807) is 5.51 Å². The van der Waals surface area contributed by atoms with Crippen LogP contribution in [-0.4, -0.2) is 40.6 Å². The Morgan fingerprint density at radius 2 is 2.27 bits per heavy atom. The molecule has 6 heteroatoms. The van der Waals surface area contributed by atoms with Crippen LogP contribution in [-0.2, 0) is 4.79 Å². The fourth-order valence-corrected chi connectivity index (χ4v) is 1.73. The van der Waals surface area contributed by atoms with Crippen molar-refractivity contribution >= 4 is 22.4 Å². The van der Waals surface area contributed by atoms with Gasteiger partial charge in [0.1, 0.15) is 5.51 Å². The number of hydrogen-bond donors (Lipinski definition) is 1. The second-order valence-corrected chi connectivity index (χ2v) is 3.82. The zero-order chi connectivity index (χ0) is 11.1. The first-order valence-corrected chi connectivity index (χ1v) is 5.93. The lowest BCUT2D eigenvalue weighted by Gasteiger charge is -2.18. The molecule has 1 amide bonds. The van der Waals surface area contributed by atoms with Crippen LogP contribution >= 0.6 is 11.3 Å². The van der Waals surface area contributed by atoms with Gasteiger partial charge in [0, 0.05) is 26.1 Å². The number of nitrogens with zero attached hydrogens (tertiary/aromatic N) is 3. The lowest BCUT2D eigenvalue weighted by molar-refractivity contribution is -0.130. The molecule has 0 aromatic carbocycles. The number of nitrogens with one attached hydrogen (secondary N) is 1. The lowest BCUT2D eigenvalue weighted by Crippen LogP contribution is -2.31. The third-order valence-corrected chi connectivity index (χ3v) is 2.74. The molecule has 0 aliphatic heterocycles. The van der Waals surface area contributed by atoms with Crippen LogP contribution in [0.1, 0.15) is 20.3 Å². The minimum Gasteiger partial charge on any atom is -0.360 e. The van der Waals surface area contributed by atoms with Crippen molar-refractivity contribution in [1.29, 1.82) is 0 Å². The van der Waals surface area contributed by atoms with E-state index in [1.807, 2.05) is 18.7 Å². The summed E-state index contributed by atoms with van der Waals surface area (Å²) < 4.78 is 0. The molecule has 0 spiro atoms. The van der Waals surface area contributed by atoms with Crippen LogP contribution in [0.25, 0.3) is 0 Å². The molecule has 1 aromatic heterocycles. The van der Waals surface area contributed by atoms with Crippen molar-refractivity contribution in [3.63, 3.8) is 0 Å². The van der Waals surface area contributed by atoms with Gasteiger partial charge in [-0.05, 0) is 13.8 Å². The van der Waals surface area contributed by atoms with Gasteiger partial charge in [-0.15, -0.1) is 10.2 Å². The standard InChI is InChI=1S/C9H16N4OS/c1-3-13(4-2)8(14)5-6-10-9-12-11-7-15-9/h7H,3-6H2,1-2H3,(H,10,12). The summed E-state index contributed by atoms with van der Waals surface area (Å²) in [6.07, 6.45) is 0.501. The molecule has 0 aliphatic rings. The van der Waals surface area contributed by atoms with Gasteiger partial charge in [0.05, 0.1) is 0 Å². The summed E-state index contributed by atoms with van der Waals surface area (Å²) >= 11 is 1.44. The number of carbonyl (C=O) groups excluding carboxylic acids is 1. The first-order valence-electron chi connectivity index (χ1n) is 5.05. The highest BCUT2D eigenvalue weighted by atomic mass is 32.1. The number of hydrogen-bond acceptors (Lipinski definition) is 5. The molecule has 0 aliphatic carbocycles. The summed E-state index contributed by atoms with van der Waals surface area (Å²) in [6.45, 7) is 6.13.